The zero-order chi connectivity index (χ0) is 18.2. The van der Waals surface area contributed by atoms with Crippen molar-refractivity contribution in [2.45, 2.75) is 25.9 Å². The van der Waals surface area contributed by atoms with E-state index in [1.54, 1.807) is 18.0 Å². The molecule has 6 nitrogen and oxygen atoms in total. The van der Waals surface area contributed by atoms with Crippen molar-refractivity contribution in [2.24, 2.45) is 0 Å². The number of benzene rings is 1. The van der Waals surface area contributed by atoms with Crippen LogP contribution in [0.4, 0.5) is 0 Å². The molecule has 0 radical (unpaired) electrons. The summed E-state index contributed by atoms with van der Waals surface area (Å²) in [7, 11) is 0. The predicted octanol–water partition coefficient (Wildman–Crippen LogP) is 3.79. The van der Waals surface area contributed by atoms with Crippen LogP contribution in [0.2, 0.25) is 0 Å². The molecule has 1 atom stereocenters. The Balaban J connectivity index is 0.00000196. The van der Waals surface area contributed by atoms with Crippen molar-refractivity contribution in [3.63, 3.8) is 0 Å². The van der Waals surface area contributed by atoms with Crippen LogP contribution in [0.3, 0.4) is 0 Å². The van der Waals surface area contributed by atoms with Crippen molar-refractivity contribution in [3.05, 3.63) is 48.2 Å². The first-order valence-corrected chi connectivity index (χ1v) is 9.85. The number of ether oxygens (including phenoxy) is 2. The average Bonchev–Trinajstić information content (AvgIpc) is 3.21. The van der Waals surface area contributed by atoms with Gasteiger partial charge >= 0.3 is 0 Å². The van der Waals surface area contributed by atoms with Gasteiger partial charge < -0.3 is 14.8 Å². The summed E-state index contributed by atoms with van der Waals surface area (Å²) in [4.78, 5) is 16.4. The zero-order valence-corrected chi connectivity index (χ0v) is 18.0. The van der Waals surface area contributed by atoms with Crippen LogP contribution in [0.1, 0.15) is 18.9 Å². The van der Waals surface area contributed by atoms with E-state index < -0.39 is 0 Å². The Morgan fingerprint density at radius 2 is 2.00 bits per heavy atom. The molecule has 1 aliphatic heterocycles. The van der Waals surface area contributed by atoms with Gasteiger partial charge in [-0.25, -0.2) is 4.98 Å². The van der Waals surface area contributed by atoms with E-state index in [9.17, 15) is 4.79 Å². The Kier molecular flexibility index (Phi) is 11.1. The number of nitrogens with zero attached hydrogens (tertiary/aromatic N) is 1. The minimum Gasteiger partial charge on any atom is -0.494 e. The molecule has 1 saturated heterocycles. The lowest BCUT2D eigenvalue weighted by atomic mass is 10.2. The molecule has 1 aliphatic rings. The fraction of sp³-hybridized carbons (Fsp3) is 0.368. The third-order valence-corrected chi connectivity index (χ3v) is 4.79. The van der Waals surface area contributed by atoms with E-state index in [0.717, 1.165) is 29.4 Å². The van der Waals surface area contributed by atoms with Gasteiger partial charge in [-0.05, 0) is 36.8 Å². The smallest absolute Gasteiger partial charge is 0.238 e. The number of rotatable bonds is 8. The maximum Gasteiger partial charge on any atom is 0.238 e. The van der Waals surface area contributed by atoms with E-state index in [1.807, 2.05) is 36.4 Å². The number of carbonyl (C=O) groups excluding carboxylic acids is 1. The third kappa shape index (κ3) is 7.05. The van der Waals surface area contributed by atoms with Gasteiger partial charge in [0.25, 0.3) is 0 Å². The van der Waals surface area contributed by atoms with Gasteiger partial charge in [-0.15, -0.1) is 36.6 Å². The van der Waals surface area contributed by atoms with Crippen molar-refractivity contribution in [1.82, 2.24) is 15.6 Å². The Hall–Kier alpha value is -1.67. The van der Waals surface area contributed by atoms with E-state index >= 15 is 0 Å². The van der Waals surface area contributed by atoms with Crippen LogP contribution in [0, 0.1) is 0 Å². The number of halogens is 2. The highest BCUT2D eigenvalue weighted by atomic mass is 35.5. The van der Waals surface area contributed by atoms with Crippen LogP contribution in [0.25, 0.3) is 0 Å². The number of nitrogens with one attached hydrogen (secondary N) is 2. The monoisotopic (exact) mass is 445 g/mol. The molecule has 0 bridgehead atoms. The summed E-state index contributed by atoms with van der Waals surface area (Å²) in [6.45, 7) is 3.14. The average molecular weight is 446 g/mol. The zero-order valence-electron chi connectivity index (χ0n) is 15.6. The van der Waals surface area contributed by atoms with E-state index in [2.05, 4.69) is 22.5 Å². The lowest BCUT2D eigenvalue weighted by Gasteiger charge is -2.13. The summed E-state index contributed by atoms with van der Waals surface area (Å²) < 4.78 is 11.5. The molecular formula is C19H25Cl2N3O3S. The fourth-order valence-electron chi connectivity index (χ4n) is 2.46. The Morgan fingerprint density at radius 1 is 1.25 bits per heavy atom. The lowest BCUT2D eigenvalue weighted by Crippen LogP contribution is -2.41. The highest BCUT2D eigenvalue weighted by molar-refractivity contribution is 7.99. The van der Waals surface area contributed by atoms with Crippen LogP contribution in [0.15, 0.2) is 42.6 Å². The van der Waals surface area contributed by atoms with Gasteiger partial charge in [-0.2, -0.15) is 0 Å². The molecule has 2 aromatic rings. The fourth-order valence-corrected chi connectivity index (χ4v) is 3.40. The summed E-state index contributed by atoms with van der Waals surface area (Å²) in [6.07, 6.45) is 2.64. The molecule has 1 unspecified atom stereocenters. The van der Waals surface area contributed by atoms with Crippen molar-refractivity contribution in [2.75, 3.05) is 18.2 Å². The molecule has 0 saturated carbocycles. The summed E-state index contributed by atoms with van der Waals surface area (Å²) in [5, 5.41) is 6.10. The minimum absolute atomic E-state index is 0. The van der Waals surface area contributed by atoms with Crippen molar-refractivity contribution >= 4 is 42.5 Å². The Labute approximate surface area is 182 Å². The first-order valence-electron chi connectivity index (χ1n) is 8.69. The van der Waals surface area contributed by atoms with E-state index in [-0.39, 0.29) is 36.8 Å². The first-order chi connectivity index (χ1) is 12.8. The molecule has 154 valence electrons. The van der Waals surface area contributed by atoms with E-state index in [0.29, 0.717) is 24.8 Å². The number of thioether (sulfide) groups is 1. The molecule has 2 N–H and O–H groups in total. The molecule has 1 aromatic heterocycles. The van der Waals surface area contributed by atoms with Gasteiger partial charge in [0.1, 0.15) is 11.5 Å². The maximum atomic E-state index is 12.1. The van der Waals surface area contributed by atoms with Crippen molar-refractivity contribution in [1.29, 1.82) is 0 Å². The number of pyridine rings is 1. The summed E-state index contributed by atoms with van der Waals surface area (Å²) >= 11 is 1.72. The Bertz CT molecular complexity index is 729. The largest absolute Gasteiger partial charge is 0.494 e. The molecule has 1 fully saturated rings. The Morgan fingerprint density at radius 3 is 2.68 bits per heavy atom. The second-order valence-electron chi connectivity index (χ2n) is 5.88. The maximum absolute atomic E-state index is 12.1. The molecule has 9 heteroatoms. The van der Waals surface area contributed by atoms with Crippen LogP contribution < -0.4 is 20.1 Å². The van der Waals surface area contributed by atoms with Gasteiger partial charge in [0.15, 0.2) is 0 Å². The molecular weight excluding hydrogens is 421 g/mol. The van der Waals surface area contributed by atoms with Crippen LogP contribution >= 0.6 is 36.6 Å². The van der Waals surface area contributed by atoms with Gasteiger partial charge in [0.05, 0.1) is 12.6 Å². The molecule has 1 aromatic carbocycles. The third-order valence-electron chi connectivity index (χ3n) is 3.85. The second-order valence-corrected chi connectivity index (χ2v) is 6.91. The quantitative estimate of drug-likeness (QED) is 0.643. The number of hydrogen-bond acceptors (Lipinski definition) is 6. The standard InChI is InChI=1S/C19H23N3O3S.2ClH/c1-2-10-24-15-5-7-16(8-6-15)25-19-14(4-3-9-20-19)11-21-18(23)17-12-26-13-22-17;;/h3-9,17,22H,2,10-13H2,1H3,(H,21,23);2*1H. The van der Waals surface area contributed by atoms with Crippen LogP contribution in [-0.4, -0.2) is 35.2 Å². The van der Waals surface area contributed by atoms with E-state index in [4.69, 9.17) is 9.47 Å². The number of hydrogen-bond donors (Lipinski definition) is 2. The van der Waals surface area contributed by atoms with Gasteiger partial charge in [0.2, 0.25) is 11.8 Å². The van der Waals surface area contributed by atoms with Gasteiger partial charge in [-0.1, -0.05) is 13.0 Å². The summed E-state index contributed by atoms with van der Waals surface area (Å²) in [5.74, 6) is 3.60. The van der Waals surface area contributed by atoms with Crippen LogP contribution in [0.5, 0.6) is 17.4 Å². The molecule has 0 spiro atoms. The molecule has 2 heterocycles. The molecule has 1 amide bonds. The van der Waals surface area contributed by atoms with Gasteiger partial charge in [-0.3, -0.25) is 10.1 Å². The van der Waals surface area contributed by atoms with Crippen molar-refractivity contribution < 1.29 is 14.3 Å². The van der Waals surface area contributed by atoms with Gasteiger partial charge in [0, 0.05) is 29.9 Å². The summed E-state index contributed by atoms with van der Waals surface area (Å²) in [5.41, 5.74) is 0.831. The SMILES string of the molecule is CCCOc1ccc(Oc2ncccc2CNC(=O)C2CSCN2)cc1.Cl.Cl. The van der Waals surface area contributed by atoms with Crippen LogP contribution in [-0.2, 0) is 11.3 Å². The van der Waals surface area contributed by atoms with E-state index in [1.165, 1.54) is 0 Å². The number of carbonyl (C=O) groups is 1. The molecule has 28 heavy (non-hydrogen) atoms. The normalized spacial score (nSPS) is 15.1. The topological polar surface area (TPSA) is 72.5 Å². The predicted molar refractivity (Wildman–Crippen MR) is 117 cm³/mol. The molecule has 0 aliphatic carbocycles. The van der Waals surface area contributed by atoms with Crippen molar-refractivity contribution in [3.8, 4) is 17.4 Å². The lowest BCUT2D eigenvalue weighted by molar-refractivity contribution is -0.122. The minimum atomic E-state index is -0.128. The molecule has 3 rings (SSSR count). The highest BCUT2D eigenvalue weighted by Crippen LogP contribution is 2.25. The number of amides is 1. The summed E-state index contributed by atoms with van der Waals surface area (Å²) in [6, 6.07) is 11.1. The highest BCUT2D eigenvalue weighted by Gasteiger charge is 2.22. The second kappa shape index (κ2) is 12.7. The first kappa shape index (κ1) is 24.4. The number of aromatic nitrogens is 1.